The van der Waals surface area contributed by atoms with Crippen LogP contribution < -0.4 is 0 Å². The van der Waals surface area contributed by atoms with Gasteiger partial charge in [-0.1, -0.05) is 23.9 Å². The molecular formula is C16H14FS. The zero-order valence-electron chi connectivity index (χ0n) is 10.0. The molecule has 0 aliphatic heterocycles. The summed E-state index contributed by atoms with van der Waals surface area (Å²) in [6, 6.07) is 13.3. The zero-order chi connectivity index (χ0) is 12.4. The third-order valence-corrected chi connectivity index (χ3v) is 4.14. The molecule has 2 aromatic carbocycles. The van der Waals surface area contributed by atoms with Crippen LogP contribution in [-0.4, -0.2) is 0 Å². The van der Waals surface area contributed by atoms with E-state index in [0.29, 0.717) is 0 Å². The topological polar surface area (TPSA) is 0 Å². The summed E-state index contributed by atoms with van der Waals surface area (Å²) in [5.41, 5.74) is 2.78. The van der Waals surface area contributed by atoms with Gasteiger partial charge in [-0.05, 0) is 67.1 Å². The molecule has 0 fully saturated rings. The fraction of sp³-hybridized carbons (Fsp3) is 0.188. The van der Waals surface area contributed by atoms with Crippen LogP contribution in [0.3, 0.4) is 0 Å². The molecule has 0 spiro atoms. The first-order valence-electron chi connectivity index (χ1n) is 6.21. The molecule has 0 amide bonds. The average Bonchev–Trinajstić information content (AvgIpc) is 2.39. The second-order valence-corrected chi connectivity index (χ2v) is 5.66. The van der Waals surface area contributed by atoms with Crippen molar-refractivity contribution in [1.82, 2.24) is 0 Å². The molecule has 1 aliphatic carbocycles. The molecule has 91 valence electrons. The van der Waals surface area contributed by atoms with Crippen LogP contribution in [0.15, 0.2) is 52.3 Å². The minimum absolute atomic E-state index is 0.175. The lowest BCUT2D eigenvalue weighted by atomic mass is 9.92. The summed E-state index contributed by atoms with van der Waals surface area (Å²) in [4.78, 5) is 2.14. The summed E-state index contributed by atoms with van der Waals surface area (Å²) in [7, 11) is 0. The van der Waals surface area contributed by atoms with E-state index in [-0.39, 0.29) is 5.82 Å². The molecule has 2 heteroatoms. The highest BCUT2D eigenvalue weighted by Crippen LogP contribution is 2.32. The lowest BCUT2D eigenvalue weighted by Crippen LogP contribution is -2.00. The lowest BCUT2D eigenvalue weighted by molar-refractivity contribution is 0.624. The minimum atomic E-state index is -0.175. The van der Waals surface area contributed by atoms with E-state index in [0.717, 1.165) is 11.3 Å². The highest BCUT2D eigenvalue weighted by molar-refractivity contribution is 7.99. The Morgan fingerprint density at radius 2 is 1.89 bits per heavy atom. The summed E-state index contributed by atoms with van der Waals surface area (Å²) < 4.78 is 13.1. The van der Waals surface area contributed by atoms with Crippen molar-refractivity contribution in [3.8, 4) is 0 Å². The van der Waals surface area contributed by atoms with E-state index in [4.69, 9.17) is 0 Å². The average molecular weight is 257 g/mol. The number of hydrogen-bond donors (Lipinski definition) is 0. The number of rotatable bonds is 2. The number of halogens is 1. The highest BCUT2D eigenvalue weighted by Gasteiger charge is 2.10. The first-order valence-corrected chi connectivity index (χ1v) is 7.02. The maximum atomic E-state index is 13.1. The normalized spacial score (nSPS) is 14.3. The smallest absolute Gasteiger partial charge is 0.124 e. The van der Waals surface area contributed by atoms with E-state index in [2.05, 4.69) is 24.6 Å². The SMILES string of the molecule is Fc1cccc(Sc2ccc3c(c2)CCC[CH]3)c1. The number of hydrogen-bond acceptors (Lipinski definition) is 1. The second-order valence-electron chi connectivity index (χ2n) is 4.52. The van der Waals surface area contributed by atoms with Gasteiger partial charge in [-0.15, -0.1) is 0 Å². The van der Waals surface area contributed by atoms with E-state index in [1.54, 1.807) is 23.9 Å². The van der Waals surface area contributed by atoms with Crippen molar-refractivity contribution in [3.63, 3.8) is 0 Å². The van der Waals surface area contributed by atoms with Gasteiger partial charge in [0.15, 0.2) is 0 Å². The van der Waals surface area contributed by atoms with Crippen LogP contribution in [0, 0.1) is 12.2 Å². The van der Waals surface area contributed by atoms with Gasteiger partial charge in [0.1, 0.15) is 5.82 Å². The van der Waals surface area contributed by atoms with Gasteiger partial charge < -0.3 is 0 Å². The molecular weight excluding hydrogens is 243 g/mol. The molecule has 0 saturated carbocycles. The predicted octanol–water partition coefficient (Wildman–Crippen LogP) is 4.87. The second kappa shape index (κ2) is 5.15. The van der Waals surface area contributed by atoms with Gasteiger partial charge >= 0.3 is 0 Å². The molecule has 0 saturated heterocycles. The quantitative estimate of drug-likeness (QED) is 0.740. The largest absolute Gasteiger partial charge is 0.207 e. The van der Waals surface area contributed by atoms with Gasteiger partial charge in [-0.2, -0.15) is 0 Å². The molecule has 0 heterocycles. The highest BCUT2D eigenvalue weighted by atomic mass is 32.2. The monoisotopic (exact) mass is 257 g/mol. The molecule has 3 rings (SSSR count). The molecule has 0 atom stereocenters. The third kappa shape index (κ3) is 2.59. The molecule has 0 unspecified atom stereocenters. The molecule has 0 nitrogen and oxygen atoms in total. The van der Waals surface area contributed by atoms with Gasteiger partial charge in [-0.3, -0.25) is 0 Å². The van der Waals surface area contributed by atoms with Crippen LogP contribution in [0.4, 0.5) is 4.39 Å². The van der Waals surface area contributed by atoms with E-state index in [9.17, 15) is 4.39 Å². The van der Waals surface area contributed by atoms with E-state index in [1.165, 1.54) is 34.9 Å². The van der Waals surface area contributed by atoms with Gasteiger partial charge in [0.25, 0.3) is 0 Å². The van der Waals surface area contributed by atoms with Gasteiger partial charge in [0.05, 0.1) is 0 Å². The summed E-state index contributed by atoms with van der Waals surface area (Å²) in [6.45, 7) is 0. The van der Waals surface area contributed by atoms with E-state index in [1.807, 2.05) is 6.07 Å². The van der Waals surface area contributed by atoms with Gasteiger partial charge in [0.2, 0.25) is 0 Å². The van der Waals surface area contributed by atoms with Crippen LogP contribution in [0.5, 0.6) is 0 Å². The van der Waals surface area contributed by atoms with Crippen molar-refractivity contribution >= 4 is 11.8 Å². The van der Waals surface area contributed by atoms with Crippen molar-refractivity contribution in [2.24, 2.45) is 0 Å². The van der Waals surface area contributed by atoms with Gasteiger partial charge in [0, 0.05) is 9.79 Å². The molecule has 0 bridgehead atoms. The lowest BCUT2D eigenvalue weighted by Gasteiger charge is -2.16. The van der Waals surface area contributed by atoms with Crippen molar-refractivity contribution in [2.75, 3.05) is 0 Å². The van der Waals surface area contributed by atoms with Crippen LogP contribution in [-0.2, 0) is 6.42 Å². The van der Waals surface area contributed by atoms with Crippen molar-refractivity contribution in [1.29, 1.82) is 0 Å². The molecule has 0 aromatic heterocycles. The standard InChI is InChI=1S/C16H14FS/c17-14-6-3-7-15(11-14)18-16-9-8-12-4-1-2-5-13(12)10-16/h3-4,6-11H,1-2,5H2. The molecule has 2 aromatic rings. The number of aryl methyl sites for hydroxylation is 1. The predicted molar refractivity (Wildman–Crippen MR) is 73.3 cm³/mol. The van der Waals surface area contributed by atoms with E-state index >= 15 is 0 Å². The fourth-order valence-corrected chi connectivity index (χ4v) is 3.21. The zero-order valence-corrected chi connectivity index (χ0v) is 10.8. The number of fused-ring (bicyclic) bond motifs is 1. The van der Waals surface area contributed by atoms with Gasteiger partial charge in [-0.25, -0.2) is 4.39 Å². The van der Waals surface area contributed by atoms with Crippen LogP contribution in [0.1, 0.15) is 24.0 Å². The molecule has 18 heavy (non-hydrogen) atoms. The maximum Gasteiger partial charge on any atom is 0.124 e. The Balaban J connectivity index is 1.85. The van der Waals surface area contributed by atoms with Crippen molar-refractivity contribution in [3.05, 3.63) is 65.8 Å². The Morgan fingerprint density at radius 1 is 1.00 bits per heavy atom. The minimum Gasteiger partial charge on any atom is -0.207 e. The Hall–Kier alpha value is -1.28. The Labute approximate surface area is 111 Å². The molecule has 1 aliphatic rings. The van der Waals surface area contributed by atoms with E-state index < -0.39 is 0 Å². The summed E-state index contributed by atoms with van der Waals surface area (Å²) in [6.07, 6.45) is 5.88. The summed E-state index contributed by atoms with van der Waals surface area (Å²) in [5.74, 6) is -0.175. The van der Waals surface area contributed by atoms with Crippen molar-refractivity contribution in [2.45, 2.75) is 29.1 Å². The van der Waals surface area contributed by atoms with Crippen LogP contribution in [0.2, 0.25) is 0 Å². The number of benzene rings is 2. The van der Waals surface area contributed by atoms with Crippen LogP contribution in [0.25, 0.3) is 0 Å². The molecule has 1 radical (unpaired) electrons. The first kappa shape index (κ1) is 11.8. The summed E-state index contributed by atoms with van der Waals surface area (Å²) >= 11 is 1.62. The maximum absolute atomic E-state index is 13.1. The Kier molecular flexibility index (Phi) is 3.37. The summed E-state index contributed by atoms with van der Waals surface area (Å²) in [5, 5.41) is 0. The fourth-order valence-electron chi connectivity index (χ4n) is 2.28. The van der Waals surface area contributed by atoms with Crippen molar-refractivity contribution < 1.29 is 4.39 Å². The Bertz CT molecular complexity index is 563. The third-order valence-electron chi connectivity index (χ3n) is 3.16. The Morgan fingerprint density at radius 3 is 2.78 bits per heavy atom. The first-order chi connectivity index (χ1) is 8.81. The van der Waals surface area contributed by atoms with Crippen LogP contribution >= 0.6 is 11.8 Å². The molecule has 0 N–H and O–H groups in total.